The van der Waals surface area contributed by atoms with Gasteiger partial charge in [-0.25, -0.2) is 4.79 Å². The summed E-state index contributed by atoms with van der Waals surface area (Å²) in [7, 11) is 0. The van der Waals surface area contributed by atoms with Gasteiger partial charge in [-0.15, -0.1) is 13.2 Å². The molecular weight excluding hydrogens is 492 g/mol. The summed E-state index contributed by atoms with van der Waals surface area (Å²) in [5.41, 5.74) is 12.1. The van der Waals surface area contributed by atoms with Gasteiger partial charge in [-0.2, -0.15) is 0 Å². The molecule has 1 aromatic carbocycles. The highest BCUT2D eigenvalue weighted by Crippen LogP contribution is 2.36. The molecule has 5 N–H and O–H groups in total. The Hall–Kier alpha value is -3.93. The number of hydrogen-bond donors (Lipinski definition) is 3. The van der Waals surface area contributed by atoms with E-state index in [0.717, 1.165) is 5.69 Å². The van der Waals surface area contributed by atoms with Crippen LogP contribution in [0.4, 0.5) is 0 Å². The van der Waals surface area contributed by atoms with Crippen molar-refractivity contribution in [1.82, 2.24) is 9.97 Å². The average molecular weight is 527 g/mol. The second-order valence-corrected chi connectivity index (χ2v) is 8.59. The Morgan fingerprint density at radius 2 is 1.50 bits per heavy atom. The molecule has 1 aromatic heterocycles. The number of carbonyl (C=O) groups excluding carboxylic acids is 3. The third-order valence-electron chi connectivity index (χ3n) is 5.65. The van der Waals surface area contributed by atoms with Gasteiger partial charge < -0.3 is 30.8 Å². The zero-order valence-electron chi connectivity index (χ0n) is 21.9. The normalized spacial score (nSPS) is 11.8. The molecule has 2 rings (SSSR count). The summed E-state index contributed by atoms with van der Waals surface area (Å²) in [6.07, 6.45) is 1.80. The molecule has 204 valence electrons. The SMILES string of the molecule is C=CCC(CC=C)(OC(=O)C(O)Cc1ccc(OC(=O)CN)c(OC(=O)CN)c1)c1nc(C)c(C)nc1C. The van der Waals surface area contributed by atoms with E-state index in [9.17, 15) is 19.5 Å². The average Bonchev–Trinajstić information content (AvgIpc) is 2.87. The molecule has 0 aliphatic carbocycles. The summed E-state index contributed by atoms with van der Waals surface area (Å²) in [4.78, 5) is 45.7. The van der Waals surface area contributed by atoms with Crippen LogP contribution in [0.5, 0.6) is 11.5 Å². The van der Waals surface area contributed by atoms with E-state index in [1.807, 2.05) is 6.92 Å². The van der Waals surface area contributed by atoms with Gasteiger partial charge in [0.1, 0.15) is 5.69 Å². The van der Waals surface area contributed by atoms with Crippen molar-refractivity contribution in [2.24, 2.45) is 11.5 Å². The highest BCUT2D eigenvalue weighted by Gasteiger charge is 2.39. The Morgan fingerprint density at radius 3 is 2.05 bits per heavy atom. The van der Waals surface area contributed by atoms with Gasteiger partial charge in [0, 0.05) is 19.3 Å². The molecule has 0 spiro atoms. The number of carbonyl (C=O) groups is 3. The van der Waals surface area contributed by atoms with E-state index in [-0.39, 0.29) is 30.8 Å². The number of ether oxygens (including phenoxy) is 3. The van der Waals surface area contributed by atoms with Crippen molar-refractivity contribution in [3.8, 4) is 11.5 Å². The van der Waals surface area contributed by atoms with Crippen molar-refractivity contribution in [2.45, 2.75) is 51.7 Å². The fourth-order valence-corrected chi connectivity index (χ4v) is 3.76. The third kappa shape index (κ3) is 7.54. The van der Waals surface area contributed by atoms with Gasteiger partial charge in [0.25, 0.3) is 0 Å². The molecule has 1 atom stereocenters. The number of aryl methyl sites for hydroxylation is 3. The van der Waals surface area contributed by atoms with Crippen LogP contribution in [-0.2, 0) is 31.1 Å². The summed E-state index contributed by atoms with van der Waals surface area (Å²) >= 11 is 0. The Labute approximate surface area is 221 Å². The largest absolute Gasteiger partial charge is 0.450 e. The lowest BCUT2D eigenvalue weighted by molar-refractivity contribution is -0.171. The first-order valence-electron chi connectivity index (χ1n) is 11.9. The van der Waals surface area contributed by atoms with E-state index in [0.29, 0.717) is 22.6 Å². The first-order chi connectivity index (χ1) is 18.0. The van der Waals surface area contributed by atoms with Crippen LogP contribution in [0.25, 0.3) is 0 Å². The van der Waals surface area contributed by atoms with Crippen LogP contribution in [0, 0.1) is 20.8 Å². The molecule has 0 aliphatic rings. The third-order valence-corrected chi connectivity index (χ3v) is 5.65. The number of aromatic nitrogens is 2. The molecule has 2 aromatic rings. The zero-order chi connectivity index (χ0) is 28.5. The van der Waals surface area contributed by atoms with Gasteiger partial charge in [-0.3, -0.25) is 19.6 Å². The Balaban J connectivity index is 2.36. The maximum atomic E-state index is 13.1. The highest BCUT2D eigenvalue weighted by atomic mass is 16.6. The lowest BCUT2D eigenvalue weighted by Crippen LogP contribution is -2.38. The number of nitrogens with zero attached hydrogens (tertiary/aromatic N) is 2. The quantitative estimate of drug-likeness (QED) is 0.196. The fourth-order valence-electron chi connectivity index (χ4n) is 3.76. The van der Waals surface area contributed by atoms with Crippen LogP contribution >= 0.6 is 0 Å². The van der Waals surface area contributed by atoms with Gasteiger partial charge in [0.15, 0.2) is 23.2 Å². The van der Waals surface area contributed by atoms with Crippen molar-refractivity contribution in [3.63, 3.8) is 0 Å². The van der Waals surface area contributed by atoms with E-state index in [2.05, 4.69) is 23.1 Å². The van der Waals surface area contributed by atoms with Crippen molar-refractivity contribution in [3.05, 3.63) is 71.8 Å². The Morgan fingerprint density at radius 1 is 0.947 bits per heavy atom. The highest BCUT2D eigenvalue weighted by molar-refractivity contribution is 5.78. The summed E-state index contributed by atoms with van der Waals surface area (Å²) in [5, 5.41) is 10.8. The lowest BCUT2D eigenvalue weighted by Gasteiger charge is -2.33. The molecule has 38 heavy (non-hydrogen) atoms. The topological polar surface area (TPSA) is 177 Å². The smallest absolute Gasteiger partial charge is 0.336 e. The maximum Gasteiger partial charge on any atom is 0.336 e. The summed E-state index contributed by atoms with van der Waals surface area (Å²) in [6.45, 7) is 12.2. The number of rotatable bonds is 13. The van der Waals surface area contributed by atoms with E-state index >= 15 is 0 Å². The van der Waals surface area contributed by atoms with Gasteiger partial charge >= 0.3 is 17.9 Å². The van der Waals surface area contributed by atoms with Gasteiger partial charge in [-0.05, 0) is 38.5 Å². The van der Waals surface area contributed by atoms with Crippen LogP contribution < -0.4 is 20.9 Å². The molecule has 0 bridgehead atoms. The van der Waals surface area contributed by atoms with E-state index < -0.39 is 42.7 Å². The minimum Gasteiger partial charge on any atom is -0.450 e. The molecule has 0 amide bonds. The predicted octanol–water partition coefficient (Wildman–Crippen LogP) is 1.62. The Bertz CT molecular complexity index is 1200. The van der Waals surface area contributed by atoms with E-state index in [1.165, 1.54) is 18.2 Å². The second kappa shape index (κ2) is 13.6. The van der Waals surface area contributed by atoms with Crippen LogP contribution in [0.1, 0.15) is 41.2 Å². The number of aliphatic hydroxyl groups excluding tert-OH is 1. The molecule has 11 heteroatoms. The first kappa shape index (κ1) is 30.3. The molecule has 11 nitrogen and oxygen atoms in total. The van der Waals surface area contributed by atoms with E-state index in [4.69, 9.17) is 25.7 Å². The maximum absolute atomic E-state index is 13.1. The lowest BCUT2D eigenvalue weighted by atomic mass is 9.89. The van der Waals surface area contributed by atoms with Crippen molar-refractivity contribution < 1.29 is 33.7 Å². The van der Waals surface area contributed by atoms with Crippen molar-refractivity contribution >= 4 is 17.9 Å². The summed E-state index contributed by atoms with van der Waals surface area (Å²) < 4.78 is 16.1. The summed E-state index contributed by atoms with van der Waals surface area (Å²) in [6, 6.07) is 4.20. The van der Waals surface area contributed by atoms with Gasteiger partial charge in [-0.1, -0.05) is 18.2 Å². The molecule has 0 aliphatic heterocycles. The molecule has 0 saturated heterocycles. The van der Waals surface area contributed by atoms with Crippen LogP contribution in [-0.4, -0.2) is 52.2 Å². The monoisotopic (exact) mass is 526 g/mol. The van der Waals surface area contributed by atoms with Gasteiger partial charge in [0.2, 0.25) is 0 Å². The number of aliphatic hydroxyl groups is 1. The molecule has 0 fully saturated rings. The molecule has 0 radical (unpaired) electrons. The van der Waals surface area contributed by atoms with Crippen LogP contribution in [0.2, 0.25) is 0 Å². The van der Waals surface area contributed by atoms with Gasteiger partial charge in [0.05, 0.1) is 30.2 Å². The van der Waals surface area contributed by atoms with Crippen molar-refractivity contribution in [1.29, 1.82) is 0 Å². The van der Waals surface area contributed by atoms with Crippen molar-refractivity contribution in [2.75, 3.05) is 13.1 Å². The minimum atomic E-state index is -1.60. The number of hydrogen-bond acceptors (Lipinski definition) is 11. The zero-order valence-corrected chi connectivity index (χ0v) is 21.9. The second-order valence-electron chi connectivity index (χ2n) is 8.59. The van der Waals surface area contributed by atoms with E-state index in [1.54, 1.807) is 26.0 Å². The van der Waals surface area contributed by atoms with Crippen LogP contribution in [0.15, 0.2) is 43.5 Å². The number of esters is 3. The molecule has 0 saturated carbocycles. The molecular formula is C27H34N4O7. The van der Waals surface area contributed by atoms with Crippen LogP contribution in [0.3, 0.4) is 0 Å². The molecule has 1 heterocycles. The fraction of sp³-hybridized carbons (Fsp3) is 0.370. The Kier molecular flexibility index (Phi) is 10.8. The molecule has 1 unspecified atom stereocenters. The summed E-state index contributed by atoms with van der Waals surface area (Å²) in [5.74, 6) is -2.63. The standard InChI is InChI=1S/C27H34N4O7/c1-6-10-27(11-7-2,25-18(5)30-16(3)17(4)31-25)38-26(35)20(32)12-19-8-9-21(36-23(33)14-28)22(13-19)37-24(34)15-29/h6-9,13,20,32H,1-2,10-12,14-15,28-29H2,3-5H3. The number of nitrogens with two attached hydrogens (primary N) is 2. The number of benzene rings is 1. The predicted molar refractivity (Wildman–Crippen MR) is 139 cm³/mol. The first-order valence-corrected chi connectivity index (χ1v) is 11.9. The minimum absolute atomic E-state index is 0.0668.